The van der Waals surface area contributed by atoms with E-state index < -0.39 is 0 Å². The van der Waals surface area contributed by atoms with Crippen LogP contribution >= 0.6 is 0 Å². The molecular weight excluding hydrogens is 134 g/mol. The highest BCUT2D eigenvalue weighted by Crippen LogP contribution is 2.24. The van der Waals surface area contributed by atoms with Gasteiger partial charge < -0.3 is 0 Å². The summed E-state index contributed by atoms with van der Waals surface area (Å²) < 4.78 is 0. The van der Waals surface area contributed by atoms with Crippen molar-refractivity contribution < 1.29 is 0 Å². The third-order valence-corrected chi connectivity index (χ3v) is 1.34. The normalized spacial score (nSPS) is 14.5. The summed E-state index contributed by atoms with van der Waals surface area (Å²) in [6.45, 7) is 10.7. The monoisotopic (exact) mass is 153 g/mol. The number of nitrogens with zero attached hydrogens (tertiary/aromatic N) is 1. The standard InChI is InChI=1S/C10H19N/c1-6-9(11-7-2)8-10(3,4)5/h6-7H,8H2,1-5H3/b9-6-,11-7?. The summed E-state index contributed by atoms with van der Waals surface area (Å²) >= 11 is 0. The third-order valence-electron chi connectivity index (χ3n) is 1.34. The van der Waals surface area contributed by atoms with Gasteiger partial charge in [-0.1, -0.05) is 26.8 Å². The molecule has 0 heterocycles. The highest BCUT2D eigenvalue weighted by molar-refractivity contribution is 5.55. The molecule has 64 valence electrons. The molecule has 0 rings (SSSR count). The Kier molecular flexibility index (Phi) is 4.09. The maximum absolute atomic E-state index is 4.26. The lowest BCUT2D eigenvalue weighted by molar-refractivity contribution is 0.408. The fraction of sp³-hybridized carbons (Fsp3) is 0.700. The summed E-state index contributed by atoms with van der Waals surface area (Å²) in [7, 11) is 0. The van der Waals surface area contributed by atoms with Crippen molar-refractivity contribution >= 4 is 6.21 Å². The van der Waals surface area contributed by atoms with E-state index in [0.717, 1.165) is 6.42 Å². The molecule has 0 aromatic heterocycles. The predicted octanol–water partition coefficient (Wildman–Crippen LogP) is 3.42. The van der Waals surface area contributed by atoms with Crippen molar-refractivity contribution in [2.24, 2.45) is 10.4 Å². The van der Waals surface area contributed by atoms with Crippen LogP contribution in [0, 0.1) is 5.41 Å². The van der Waals surface area contributed by atoms with Crippen LogP contribution in [0.4, 0.5) is 0 Å². The molecule has 0 bridgehead atoms. The van der Waals surface area contributed by atoms with Gasteiger partial charge in [-0.15, -0.1) is 0 Å². The van der Waals surface area contributed by atoms with Gasteiger partial charge in [0.25, 0.3) is 0 Å². The smallest absolute Gasteiger partial charge is 0.0362 e. The molecule has 11 heavy (non-hydrogen) atoms. The molecule has 0 amide bonds. The Morgan fingerprint density at radius 2 is 1.82 bits per heavy atom. The Morgan fingerprint density at radius 1 is 1.27 bits per heavy atom. The molecule has 0 saturated carbocycles. The average molecular weight is 153 g/mol. The number of rotatable bonds is 2. The summed E-state index contributed by atoms with van der Waals surface area (Å²) in [5, 5.41) is 0. The molecule has 1 heteroatoms. The predicted molar refractivity (Wildman–Crippen MR) is 52.0 cm³/mol. The van der Waals surface area contributed by atoms with E-state index in [1.165, 1.54) is 5.70 Å². The lowest BCUT2D eigenvalue weighted by Gasteiger charge is -2.17. The van der Waals surface area contributed by atoms with Gasteiger partial charge in [0.15, 0.2) is 0 Å². The second kappa shape index (κ2) is 4.32. The molecule has 0 aromatic carbocycles. The first-order chi connectivity index (χ1) is 4.99. The maximum atomic E-state index is 4.26. The van der Waals surface area contributed by atoms with Crippen molar-refractivity contribution in [2.75, 3.05) is 0 Å². The second-order valence-corrected chi connectivity index (χ2v) is 3.90. The first kappa shape index (κ1) is 10.4. The molecule has 0 spiro atoms. The first-order valence-corrected chi connectivity index (χ1v) is 4.13. The van der Waals surface area contributed by atoms with Crippen LogP contribution in [0.1, 0.15) is 41.0 Å². The van der Waals surface area contributed by atoms with E-state index >= 15 is 0 Å². The number of aliphatic imine (C=N–C) groups is 1. The van der Waals surface area contributed by atoms with Gasteiger partial charge >= 0.3 is 0 Å². The minimum atomic E-state index is 0.342. The fourth-order valence-corrected chi connectivity index (χ4v) is 0.931. The van der Waals surface area contributed by atoms with Crippen molar-refractivity contribution in [3.8, 4) is 0 Å². The van der Waals surface area contributed by atoms with Gasteiger partial charge in [-0.3, -0.25) is 4.99 Å². The minimum Gasteiger partial charge on any atom is -0.266 e. The highest BCUT2D eigenvalue weighted by atomic mass is 14.7. The summed E-state index contributed by atoms with van der Waals surface area (Å²) in [5.74, 6) is 0. The van der Waals surface area contributed by atoms with Crippen LogP contribution in [0.15, 0.2) is 16.8 Å². The maximum Gasteiger partial charge on any atom is 0.0362 e. The molecule has 0 saturated heterocycles. The highest BCUT2D eigenvalue weighted by Gasteiger charge is 2.11. The van der Waals surface area contributed by atoms with Crippen molar-refractivity contribution in [3.05, 3.63) is 11.8 Å². The van der Waals surface area contributed by atoms with Gasteiger partial charge in [-0.25, -0.2) is 0 Å². The zero-order valence-electron chi connectivity index (χ0n) is 8.31. The topological polar surface area (TPSA) is 12.4 Å². The van der Waals surface area contributed by atoms with Crippen molar-refractivity contribution in [1.82, 2.24) is 0 Å². The van der Waals surface area contributed by atoms with Crippen LogP contribution in [0.25, 0.3) is 0 Å². The Labute approximate surface area is 70.2 Å². The van der Waals surface area contributed by atoms with E-state index in [2.05, 4.69) is 31.8 Å². The molecule has 0 radical (unpaired) electrons. The van der Waals surface area contributed by atoms with E-state index in [0.29, 0.717) is 5.41 Å². The molecular formula is C10H19N. The van der Waals surface area contributed by atoms with Crippen LogP contribution in [-0.2, 0) is 0 Å². The summed E-state index contributed by atoms with van der Waals surface area (Å²) in [5.41, 5.74) is 1.52. The fourth-order valence-electron chi connectivity index (χ4n) is 0.931. The molecule has 0 aromatic rings. The number of hydrogen-bond donors (Lipinski definition) is 0. The molecule has 0 unspecified atom stereocenters. The van der Waals surface area contributed by atoms with Gasteiger partial charge in [0.2, 0.25) is 0 Å². The molecule has 1 nitrogen and oxygen atoms in total. The van der Waals surface area contributed by atoms with Crippen LogP contribution < -0.4 is 0 Å². The van der Waals surface area contributed by atoms with Crippen LogP contribution in [0.2, 0.25) is 0 Å². The Hall–Kier alpha value is -0.590. The lowest BCUT2D eigenvalue weighted by atomic mass is 9.90. The van der Waals surface area contributed by atoms with Crippen LogP contribution in [0.5, 0.6) is 0 Å². The second-order valence-electron chi connectivity index (χ2n) is 3.90. The van der Waals surface area contributed by atoms with Crippen molar-refractivity contribution in [2.45, 2.75) is 41.0 Å². The summed E-state index contributed by atoms with van der Waals surface area (Å²) in [6, 6.07) is 0. The molecule has 0 atom stereocenters. The summed E-state index contributed by atoms with van der Waals surface area (Å²) in [4.78, 5) is 4.26. The zero-order chi connectivity index (χ0) is 8.91. The summed E-state index contributed by atoms with van der Waals surface area (Å²) in [6.07, 6.45) is 4.97. The van der Waals surface area contributed by atoms with Crippen LogP contribution in [-0.4, -0.2) is 6.21 Å². The largest absolute Gasteiger partial charge is 0.266 e. The Balaban J connectivity index is 4.12. The van der Waals surface area contributed by atoms with E-state index in [9.17, 15) is 0 Å². The molecule has 0 aliphatic carbocycles. The Morgan fingerprint density at radius 3 is 2.09 bits per heavy atom. The number of allylic oxidation sites excluding steroid dienone is 2. The zero-order valence-corrected chi connectivity index (χ0v) is 8.31. The van der Waals surface area contributed by atoms with E-state index in [1.54, 1.807) is 0 Å². The molecule has 0 aliphatic rings. The van der Waals surface area contributed by atoms with Gasteiger partial charge in [0.05, 0.1) is 0 Å². The molecule has 0 N–H and O–H groups in total. The van der Waals surface area contributed by atoms with Gasteiger partial charge in [-0.05, 0) is 25.7 Å². The molecule has 0 fully saturated rings. The van der Waals surface area contributed by atoms with Crippen LogP contribution in [0.3, 0.4) is 0 Å². The average Bonchev–Trinajstić information content (AvgIpc) is 1.84. The van der Waals surface area contributed by atoms with E-state index in [-0.39, 0.29) is 0 Å². The van der Waals surface area contributed by atoms with Gasteiger partial charge in [0.1, 0.15) is 0 Å². The molecule has 0 aliphatic heterocycles. The first-order valence-electron chi connectivity index (χ1n) is 4.13. The van der Waals surface area contributed by atoms with Gasteiger partial charge in [-0.2, -0.15) is 0 Å². The SMILES string of the molecule is CC=N/C(=C\C)CC(C)(C)C. The van der Waals surface area contributed by atoms with Gasteiger partial charge in [0, 0.05) is 11.9 Å². The lowest BCUT2D eigenvalue weighted by Crippen LogP contribution is -2.05. The van der Waals surface area contributed by atoms with E-state index in [4.69, 9.17) is 0 Å². The van der Waals surface area contributed by atoms with Crippen molar-refractivity contribution in [3.63, 3.8) is 0 Å². The van der Waals surface area contributed by atoms with E-state index in [1.807, 2.05) is 20.1 Å². The third kappa shape index (κ3) is 5.84. The van der Waals surface area contributed by atoms with Crippen molar-refractivity contribution in [1.29, 1.82) is 0 Å². The number of hydrogen-bond acceptors (Lipinski definition) is 1. The Bertz CT molecular complexity index is 158. The minimum absolute atomic E-state index is 0.342. The quantitative estimate of drug-likeness (QED) is 0.539.